The van der Waals surface area contributed by atoms with E-state index in [1.165, 1.54) is 12.1 Å². The number of hydrogen-bond acceptors (Lipinski definition) is 7. The number of carbonyl (C=O) groups excluding carboxylic acids is 2. The number of hydrogen-bond donors (Lipinski definition) is 3. The maximum Gasteiger partial charge on any atom is 0.326 e. The Morgan fingerprint density at radius 3 is 2.24 bits per heavy atom. The van der Waals surface area contributed by atoms with Gasteiger partial charge in [-0.2, -0.15) is 0 Å². The number of carboxylic acids is 1. The van der Waals surface area contributed by atoms with Crippen LogP contribution in [-0.2, 0) is 27.2 Å². The summed E-state index contributed by atoms with van der Waals surface area (Å²) in [7, 11) is 0. The molecule has 13 heteroatoms. The molecule has 0 aliphatic heterocycles. The molecule has 42 heavy (non-hydrogen) atoms. The van der Waals surface area contributed by atoms with E-state index in [0.29, 0.717) is 30.2 Å². The zero-order valence-corrected chi connectivity index (χ0v) is 28.8. The van der Waals surface area contributed by atoms with Gasteiger partial charge in [-0.05, 0) is 108 Å². The number of anilines is 1. The van der Waals surface area contributed by atoms with E-state index < -0.39 is 23.5 Å². The molecule has 0 radical (unpaired) electrons. The maximum atomic E-state index is 12.8. The third kappa shape index (κ3) is 10.4. The number of aliphatic carboxylic acids is 1. The second kappa shape index (κ2) is 15.4. The third-order valence-electron chi connectivity index (χ3n) is 5.54. The molecule has 1 atom stereocenters. The number of ether oxygens (including phenoxy) is 2. The minimum Gasteiger partial charge on any atom is -0.491 e. The summed E-state index contributed by atoms with van der Waals surface area (Å²) in [5.41, 5.74) is 0.959. The molecule has 0 fully saturated rings. The van der Waals surface area contributed by atoms with Crippen molar-refractivity contribution in [1.82, 2.24) is 10.3 Å². The van der Waals surface area contributed by atoms with Gasteiger partial charge in [0.1, 0.15) is 29.8 Å². The molecule has 1 aromatic heterocycles. The van der Waals surface area contributed by atoms with Crippen LogP contribution in [0.15, 0.2) is 48.5 Å². The lowest BCUT2D eigenvalue weighted by Crippen LogP contribution is -2.42. The van der Waals surface area contributed by atoms with Crippen molar-refractivity contribution in [3.8, 4) is 5.75 Å². The number of pyridine rings is 1. The average molecular weight is 840 g/mol. The molecular formula is C29H29Cl2I2N3O6. The van der Waals surface area contributed by atoms with E-state index >= 15 is 0 Å². The van der Waals surface area contributed by atoms with Gasteiger partial charge in [-0.1, -0.05) is 35.3 Å². The molecule has 1 unspecified atom stereocenters. The highest BCUT2D eigenvalue weighted by Crippen LogP contribution is 2.30. The van der Waals surface area contributed by atoms with Crippen LogP contribution < -0.4 is 15.4 Å². The van der Waals surface area contributed by atoms with Crippen molar-refractivity contribution in [3.05, 3.63) is 82.5 Å². The first kappa shape index (κ1) is 34.1. The number of carboxylic acid groups (broad SMARTS) is 1. The first-order valence-corrected chi connectivity index (χ1v) is 15.6. The number of rotatable bonds is 12. The van der Waals surface area contributed by atoms with E-state index in [-0.39, 0.29) is 34.5 Å². The highest BCUT2D eigenvalue weighted by molar-refractivity contribution is 14.1. The number of aromatic nitrogens is 1. The number of halogens is 4. The van der Waals surface area contributed by atoms with Crippen molar-refractivity contribution in [1.29, 1.82) is 0 Å². The van der Waals surface area contributed by atoms with Crippen LogP contribution in [0.25, 0.3) is 0 Å². The molecule has 1 amide bonds. The number of carbonyl (C=O) groups is 3. The zero-order chi connectivity index (χ0) is 31.0. The standard InChI is InChI=1S/C29H29Cl2I2N3O6/c1-29(2,3)42-24(37)15-34-23-9-4-6-17(35-23)10-11-41-26-20(32)12-16(13-21(26)33)14-22(28(39)40)36-27(38)25-18(30)7-5-8-19(25)31/h4-9,12-13,22H,10-11,14-15H2,1-3H3,(H,34,35)(H,36,38)(H,39,40). The topological polar surface area (TPSA) is 127 Å². The van der Waals surface area contributed by atoms with E-state index in [1.807, 2.05) is 45.0 Å². The fourth-order valence-electron chi connectivity index (χ4n) is 3.76. The normalized spacial score (nSPS) is 11.9. The molecule has 1 heterocycles. The molecule has 3 rings (SSSR count). The summed E-state index contributed by atoms with van der Waals surface area (Å²) in [4.78, 5) is 41.2. The second-order valence-electron chi connectivity index (χ2n) is 10.1. The van der Waals surface area contributed by atoms with Crippen LogP contribution in [0.3, 0.4) is 0 Å². The van der Waals surface area contributed by atoms with Gasteiger partial charge < -0.3 is 25.2 Å². The number of nitrogens with one attached hydrogen (secondary N) is 2. The Bertz CT molecular complexity index is 1420. The summed E-state index contributed by atoms with van der Waals surface area (Å²) in [6, 6.07) is 12.6. The SMILES string of the molecule is CC(C)(C)OC(=O)CNc1cccc(CCOc2c(I)cc(CC(NC(=O)c3c(Cl)cccc3Cl)C(=O)O)cc2I)n1. The van der Waals surface area contributed by atoms with E-state index in [1.54, 1.807) is 12.1 Å². The fraction of sp³-hybridized carbons (Fsp3) is 0.310. The lowest BCUT2D eigenvalue weighted by Gasteiger charge is -2.19. The molecular weight excluding hydrogens is 811 g/mol. The van der Waals surface area contributed by atoms with Crippen molar-refractivity contribution in [2.24, 2.45) is 0 Å². The van der Waals surface area contributed by atoms with E-state index in [4.69, 9.17) is 32.7 Å². The lowest BCUT2D eigenvalue weighted by molar-refractivity contribution is -0.152. The predicted octanol–water partition coefficient (Wildman–Crippen LogP) is 6.40. The minimum absolute atomic E-state index is 0.00707. The lowest BCUT2D eigenvalue weighted by atomic mass is 10.0. The van der Waals surface area contributed by atoms with Gasteiger partial charge >= 0.3 is 11.9 Å². The van der Waals surface area contributed by atoms with Crippen LogP contribution in [-0.4, -0.2) is 52.7 Å². The average Bonchev–Trinajstić information content (AvgIpc) is 2.88. The number of benzene rings is 2. The van der Waals surface area contributed by atoms with E-state index in [2.05, 4.69) is 60.8 Å². The Hall–Kier alpha value is -2.36. The van der Waals surface area contributed by atoms with Crippen molar-refractivity contribution in [2.75, 3.05) is 18.5 Å². The first-order chi connectivity index (χ1) is 19.7. The highest BCUT2D eigenvalue weighted by Gasteiger charge is 2.25. The van der Waals surface area contributed by atoms with Crippen LogP contribution in [0.5, 0.6) is 5.75 Å². The highest BCUT2D eigenvalue weighted by atomic mass is 127. The Morgan fingerprint density at radius 1 is 1.02 bits per heavy atom. The van der Waals surface area contributed by atoms with Crippen LogP contribution in [0.4, 0.5) is 5.82 Å². The number of nitrogens with zero attached hydrogens (tertiary/aromatic N) is 1. The quantitative estimate of drug-likeness (QED) is 0.142. The van der Waals surface area contributed by atoms with E-state index in [0.717, 1.165) is 12.8 Å². The summed E-state index contributed by atoms with van der Waals surface area (Å²) in [6.45, 7) is 5.79. The van der Waals surface area contributed by atoms with Gasteiger partial charge in [-0.15, -0.1) is 0 Å². The van der Waals surface area contributed by atoms with Gasteiger partial charge in [0.05, 0.1) is 29.4 Å². The van der Waals surface area contributed by atoms with Crippen molar-refractivity contribution < 1.29 is 29.0 Å². The Morgan fingerprint density at radius 2 is 1.64 bits per heavy atom. The second-order valence-corrected chi connectivity index (χ2v) is 13.2. The molecule has 9 nitrogen and oxygen atoms in total. The van der Waals surface area contributed by atoms with E-state index in [9.17, 15) is 19.5 Å². The van der Waals surface area contributed by atoms with Crippen molar-refractivity contribution in [3.63, 3.8) is 0 Å². The predicted molar refractivity (Wildman–Crippen MR) is 179 cm³/mol. The molecule has 0 saturated heterocycles. The Labute approximate surface area is 281 Å². The summed E-state index contributed by atoms with van der Waals surface area (Å²) < 4.78 is 12.9. The van der Waals surface area contributed by atoms with Gasteiger partial charge in [0.15, 0.2) is 0 Å². The Kier molecular flexibility index (Phi) is 12.5. The monoisotopic (exact) mass is 839 g/mol. The molecule has 0 aliphatic carbocycles. The first-order valence-electron chi connectivity index (χ1n) is 12.7. The fourth-order valence-corrected chi connectivity index (χ4v) is 6.54. The molecule has 0 spiro atoms. The number of amides is 1. The van der Waals surface area contributed by atoms with Crippen LogP contribution >= 0.6 is 68.4 Å². The third-order valence-corrected chi connectivity index (χ3v) is 7.77. The molecule has 224 valence electrons. The molecule has 0 aliphatic rings. The van der Waals surface area contributed by atoms with Crippen LogP contribution in [0.1, 0.15) is 42.4 Å². The van der Waals surface area contributed by atoms with Crippen molar-refractivity contribution >= 4 is 92.0 Å². The van der Waals surface area contributed by atoms with Gasteiger partial charge in [0, 0.05) is 18.5 Å². The van der Waals surface area contributed by atoms with Gasteiger partial charge in [-0.3, -0.25) is 9.59 Å². The summed E-state index contributed by atoms with van der Waals surface area (Å²) >= 11 is 16.5. The van der Waals surface area contributed by atoms with Gasteiger partial charge in [0.2, 0.25) is 0 Å². The zero-order valence-electron chi connectivity index (χ0n) is 23.0. The maximum absolute atomic E-state index is 12.8. The molecule has 0 bridgehead atoms. The summed E-state index contributed by atoms with van der Waals surface area (Å²) in [6.07, 6.45) is 0.566. The molecule has 3 aromatic rings. The molecule has 0 saturated carbocycles. The van der Waals surface area contributed by atoms with Crippen LogP contribution in [0.2, 0.25) is 10.0 Å². The molecule has 2 aromatic carbocycles. The summed E-state index contributed by atoms with van der Waals surface area (Å²) in [5, 5.41) is 15.5. The smallest absolute Gasteiger partial charge is 0.326 e. The largest absolute Gasteiger partial charge is 0.491 e. The van der Waals surface area contributed by atoms with Crippen molar-refractivity contribution in [2.45, 2.75) is 45.3 Å². The molecule has 3 N–H and O–H groups in total. The Balaban J connectivity index is 1.60. The van der Waals surface area contributed by atoms with Crippen LogP contribution in [0, 0.1) is 7.14 Å². The van der Waals surface area contributed by atoms with Gasteiger partial charge in [0.25, 0.3) is 5.91 Å². The minimum atomic E-state index is -1.20. The summed E-state index contributed by atoms with van der Waals surface area (Å²) in [5.74, 6) is -0.999. The number of esters is 1. The van der Waals surface area contributed by atoms with Gasteiger partial charge in [-0.25, -0.2) is 9.78 Å².